The zero-order chi connectivity index (χ0) is 11.5. The third-order valence-corrected chi connectivity index (χ3v) is 3.21. The number of nitriles is 1. The van der Waals surface area contributed by atoms with E-state index in [0.717, 1.165) is 18.7 Å². The van der Waals surface area contributed by atoms with E-state index in [4.69, 9.17) is 17.3 Å². The lowest BCUT2D eigenvalue weighted by Crippen LogP contribution is -2.50. The molecule has 4 heteroatoms. The predicted octanol–water partition coefficient (Wildman–Crippen LogP) is 1.80. The van der Waals surface area contributed by atoms with Crippen molar-refractivity contribution in [2.75, 3.05) is 19.6 Å². The molecule has 0 aromatic heterocycles. The average molecular weight is 236 g/mol. The second-order valence-corrected chi connectivity index (χ2v) is 4.58. The number of likely N-dealkylation sites (tertiary alicyclic amines) is 1. The van der Waals surface area contributed by atoms with Crippen molar-refractivity contribution in [1.29, 1.82) is 5.26 Å². The Bertz CT molecular complexity index is 407. The smallest absolute Gasteiger partial charge is 0.123 e. The lowest BCUT2D eigenvalue weighted by Gasteiger charge is -2.41. The van der Waals surface area contributed by atoms with Crippen LogP contribution < -0.4 is 5.73 Å². The molecule has 0 saturated carbocycles. The highest BCUT2D eigenvalue weighted by atomic mass is 35.5. The number of nitrogens with zero attached hydrogens (tertiary/aromatic N) is 2. The molecule has 16 heavy (non-hydrogen) atoms. The minimum absolute atomic E-state index is 0.193. The fourth-order valence-corrected chi connectivity index (χ4v) is 2.21. The number of hydrogen-bond acceptors (Lipinski definition) is 3. The van der Waals surface area contributed by atoms with Crippen molar-refractivity contribution in [3.05, 3.63) is 34.9 Å². The van der Waals surface area contributed by atoms with E-state index in [2.05, 4.69) is 11.0 Å². The summed E-state index contributed by atoms with van der Waals surface area (Å²) in [6.07, 6.45) is 0. The van der Waals surface area contributed by atoms with Gasteiger partial charge in [-0.25, -0.2) is 0 Å². The van der Waals surface area contributed by atoms with Crippen LogP contribution in [0.25, 0.3) is 0 Å². The van der Waals surface area contributed by atoms with Crippen molar-refractivity contribution in [3.8, 4) is 6.07 Å². The highest BCUT2D eigenvalue weighted by Crippen LogP contribution is 2.28. The highest BCUT2D eigenvalue weighted by molar-refractivity contribution is 6.30. The SMILES string of the molecule is N#CC(c1cccc(Cl)c1)N1CC(CN)C1. The van der Waals surface area contributed by atoms with Gasteiger partial charge in [-0.2, -0.15) is 5.26 Å². The molecule has 2 N–H and O–H groups in total. The molecular weight excluding hydrogens is 222 g/mol. The second kappa shape index (κ2) is 4.84. The van der Waals surface area contributed by atoms with Gasteiger partial charge in [-0.3, -0.25) is 4.90 Å². The summed E-state index contributed by atoms with van der Waals surface area (Å²) >= 11 is 5.92. The molecule has 1 aliphatic rings. The van der Waals surface area contributed by atoms with E-state index in [9.17, 15) is 5.26 Å². The van der Waals surface area contributed by atoms with Gasteiger partial charge in [0.15, 0.2) is 0 Å². The fraction of sp³-hybridized carbons (Fsp3) is 0.417. The lowest BCUT2D eigenvalue weighted by atomic mass is 9.95. The number of rotatable bonds is 3. The molecule has 1 saturated heterocycles. The third kappa shape index (κ3) is 2.19. The summed E-state index contributed by atoms with van der Waals surface area (Å²) in [5.41, 5.74) is 6.53. The number of benzene rings is 1. The van der Waals surface area contributed by atoms with Gasteiger partial charge in [0.1, 0.15) is 6.04 Å². The zero-order valence-corrected chi connectivity index (χ0v) is 9.69. The topological polar surface area (TPSA) is 53.0 Å². The molecular formula is C12H14ClN3. The minimum Gasteiger partial charge on any atom is -0.330 e. The Kier molecular flexibility index (Phi) is 3.45. The van der Waals surface area contributed by atoms with Crippen molar-refractivity contribution in [2.24, 2.45) is 11.7 Å². The first-order valence-corrected chi connectivity index (χ1v) is 5.71. The molecule has 84 valence electrons. The van der Waals surface area contributed by atoms with Gasteiger partial charge >= 0.3 is 0 Å². The van der Waals surface area contributed by atoms with Gasteiger partial charge in [-0.1, -0.05) is 23.7 Å². The number of nitrogens with two attached hydrogens (primary N) is 1. The summed E-state index contributed by atoms with van der Waals surface area (Å²) in [4.78, 5) is 2.13. The molecule has 0 bridgehead atoms. The second-order valence-electron chi connectivity index (χ2n) is 4.14. The zero-order valence-electron chi connectivity index (χ0n) is 8.94. The normalized spacial score (nSPS) is 18.8. The molecule has 3 nitrogen and oxygen atoms in total. The van der Waals surface area contributed by atoms with Gasteiger partial charge in [-0.15, -0.1) is 0 Å². The van der Waals surface area contributed by atoms with Crippen LogP contribution in [0.2, 0.25) is 5.02 Å². The van der Waals surface area contributed by atoms with Crippen LogP contribution in [0.3, 0.4) is 0 Å². The maximum absolute atomic E-state index is 9.20. The molecule has 1 aliphatic heterocycles. The molecule has 0 amide bonds. The van der Waals surface area contributed by atoms with Crippen LogP contribution in [0.15, 0.2) is 24.3 Å². The van der Waals surface area contributed by atoms with Crippen molar-refractivity contribution in [1.82, 2.24) is 4.90 Å². The molecule has 0 aliphatic carbocycles. The maximum Gasteiger partial charge on any atom is 0.123 e. The van der Waals surface area contributed by atoms with E-state index in [1.54, 1.807) is 0 Å². The summed E-state index contributed by atoms with van der Waals surface area (Å²) in [6, 6.07) is 9.61. The summed E-state index contributed by atoms with van der Waals surface area (Å²) < 4.78 is 0. The fourth-order valence-electron chi connectivity index (χ4n) is 2.01. The van der Waals surface area contributed by atoms with Gasteiger partial charge in [0.05, 0.1) is 6.07 Å². The van der Waals surface area contributed by atoms with E-state index >= 15 is 0 Å². The Balaban J connectivity index is 2.10. The predicted molar refractivity (Wildman–Crippen MR) is 63.9 cm³/mol. The molecule has 1 aromatic carbocycles. The van der Waals surface area contributed by atoms with Crippen molar-refractivity contribution < 1.29 is 0 Å². The van der Waals surface area contributed by atoms with Gasteiger partial charge in [0.2, 0.25) is 0 Å². The van der Waals surface area contributed by atoms with E-state index in [1.165, 1.54) is 0 Å². The summed E-state index contributed by atoms with van der Waals surface area (Å²) in [5.74, 6) is 0.537. The van der Waals surface area contributed by atoms with Crippen LogP contribution in [0.5, 0.6) is 0 Å². The molecule has 0 spiro atoms. The first kappa shape index (κ1) is 11.4. The van der Waals surface area contributed by atoms with Crippen LogP contribution in [0.4, 0.5) is 0 Å². The molecule has 1 fully saturated rings. The van der Waals surface area contributed by atoms with E-state index in [0.29, 0.717) is 17.5 Å². The molecule has 1 atom stereocenters. The van der Waals surface area contributed by atoms with E-state index in [-0.39, 0.29) is 6.04 Å². The lowest BCUT2D eigenvalue weighted by molar-refractivity contribution is 0.0799. The highest BCUT2D eigenvalue weighted by Gasteiger charge is 2.32. The molecule has 1 unspecified atom stereocenters. The van der Waals surface area contributed by atoms with Crippen molar-refractivity contribution in [2.45, 2.75) is 6.04 Å². The van der Waals surface area contributed by atoms with Crippen LogP contribution in [0, 0.1) is 17.2 Å². The van der Waals surface area contributed by atoms with Gasteiger partial charge < -0.3 is 5.73 Å². The molecule has 1 aromatic rings. The molecule has 0 radical (unpaired) electrons. The first-order chi connectivity index (χ1) is 7.74. The van der Waals surface area contributed by atoms with Gasteiger partial charge in [-0.05, 0) is 30.2 Å². The minimum atomic E-state index is -0.193. The van der Waals surface area contributed by atoms with Crippen LogP contribution in [-0.2, 0) is 0 Å². The maximum atomic E-state index is 9.20. The summed E-state index contributed by atoms with van der Waals surface area (Å²) in [6.45, 7) is 2.51. The first-order valence-electron chi connectivity index (χ1n) is 5.33. The number of hydrogen-bond donors (Lipinski definition) is 1. The van der Waals surface area contributed by atoms with Crippen LogP contribution >= 0.6 is 11.6 Å². The standard InChI is InChI=1S/C12H14ClN3/c13-11-3-1-2-10(4-11)12(6-15)16-7-9(5-14)8-16/h1-4,9,12H,5,7-8,14H2. The van der Waals surface area contributed by atoms with Crippen molar-refractivity contribution >= 4 is 11.6 Å². The average Bonchev–Trinajstić information content (AvgIpc) is 2.22. The Morgan fingerprint density at radius 3 is 2.88 bits per heavy atom. The Labute approximate surface area is 100 Å². The Morgan fingerprint density at radius 1 is 1.56 bits per heavy atom. The quantitative estimate of drug-likeness (QED) is 0.869. The monoisotopic (exact) mass is 235 g/mol. The Hall–Kier alpha value is -1.08. The number of halogens is 1. The van der Waals surface area contributed by atoms with Crippen LogP contribution in [0.1, 0.15) is 11.6 Å². The largest absolute Gasteiger partial charge is 0.330 e. The van der Waals surface area contributed by atoms with E-state index in [1.807, 2.05) is 24.3 Å². The Morgan fingerprint density at radius 2 is 2.31 bits per heavy atom. The van der Waals surface area contributed by atoms with Crippen LogP contribution in [-0.4, -0.2) is 24.5 Å². The van der Waals surface area contributed by atoms with Gasteiger partial charge in [0, 0.05) is 18.1 Å². The van der Waals surface area contributed by atoms with Gasteiger partial charge in [0.25, 0.3) is 0 Å². The third-order valence-electron chi connectivity index (χ3n) is 2.97. The summed E-state index contributed by atoms with van der Waals surface area (Å²) in [5, 5.41) is 9.87. The van der Waals surface area contributed by atoms with Crippen molar-refractivity contribution in [3.63, 3.8) is 0 Å². The molecule has 1 heterocycles. The van der Waals surface area contributed by atoms with E-state index < -0.39 is 0 Å². The molecule has 2 rings (SSSR count). The summed E-state index contributed by atoms with van der Waals surface area (Å²) in [7, 11) is 0.